The lowest BCUT2D eigenvalue weighted by atomic mass is 9.60. The molecule has 2 heterocycles. The number of hydrogen-bond donors (Lipinski definition) is 0. The number of amides is 1. The fourth-order valence-corrected chi connectivity index (χ4v) is 7.88. The van der Waals surface area contributed by atoms with Crippen molar-refractivity contribution in [1.82, 2.24) is 0 Å². The van der Waals surface area contributed by atoms with Crippen LogP contribution in [0.5, 0.6) is 0 Å². The van der Waals surface area contributed by atoms with E-state index in [0.29, 0.717) is 22.5 Å². The zero-order chi connectivity index (χ0) is 28.9. The van der Waals surface area contributed by atoms with Gasteiger partial charge in [-0.25, -0.2) is 12.8 Å². The van der Waals surface area contributed by atoms with Gasteiger partial charge in [-0.3, -0.25) is 9.10 Å². The van der Waals surface area contributed by atoms with Gasteiger partial charge in [0.05, 0.1) is 28.0 Å². The minimum atomic E-state index is -4.28. The Hall–Kier alpha value is -4.56. The molecule has 1 amide bonds. The van der Waals surface area contributed by atoms with Gasteiger partial charge in [0.15, 0.2) is 0 Å². The second-order valence-corrected chi connectivity index (χ2v) is 12.2. The first-order valence-electron chi connectivity index (χ1n) is 13.2. The molecule has 0 unspecified atom stereocenters. The van der Waals surface area contributed by atoms with Gasteiger partial charge in [-0.2, -0.15) is 10.1 Å². The van der Waals surface area contributed by atoms with Gasteiger partial charge >= 0.3 is 0 Å². The molecule has 4 aromatic rings. The van der Waals surface area contributed by atoms with Gasteiger partial charge in [0.1, 0.15) is 11.2 Å². The van der Waals surface area contributed by atoms with E-state index in [0.717, 1.165) is 5.56 Å². The van der Waals surface area contributed by atoms with Crippen molar-refractivity contribution in [3.8, 4) is 0 Å². The van der Waals surface area contributed by atoms with Crippen molar-refractivity contribution in [1.29, 1.82) is 0 Å². The lowest BCUT2D eigenvalue weighted by Crippen LogP contribution is -2.57. The molecule has 0 N–H and O–H groups in total. The van der Waals surface area contributed by atoms with Crippen LogP contribution in [0.3, 0.4) is 0 Å². The fourth-order valence-electron chi connectivity index (χ4n) is 6.18. The molecule has 41 heavy (non-hydrogen) atoms. The zero-order valence-corrected chi connectivity index (χ0v) is 23.4. The summed E-state index contributed by atoms with van der Waals surface area (Å²) in [5.41, 5.74) is 1.53. The molecule has 0 saturated heterocycles. The number of benzene rings is 4. The minimum Gasteiger partial charge on any atom is -0.271 e. The molecule has 1 spiro atoms. The molecule has 4 aromatic carbocycles. The third kappa shape index (κ3) is 3.93. The molecule has 0 saturated carbocycles. The van der Waals surface area contributed by atoms with Crippen LogP contribution in [0.1, 0.15) is 35.6 Å². The van der Waals surface area contributed by atoms with Crippen molar-refractivity contribution < 1.29 is 17.6 Å². The van der Waals surface area contributed by atoms with Crippen LogP contribution in [0.2, 0.25) is 0 Å². The minimum absolute atomic E-state index is 0.0615. The molecule has 0 aliphatic carbocycles. The van der Waals surface area contributed by atoms with Crippen molar-refractivity contribution in [2.24, 2.45) is 10.5 Å². The average molecular weight is 566 g/mol. The summed E-state index contributed by atoms with van der Waals surface area (Å²) >= 11 is 0. The number of nitrogens with zero attached hydrogens (tertiary/aromatic N) is 3. The van der Waals surface area contributed by atoms with Gasteiger partial charge in [-0.15, -0.1) is 6.58 Å². The average Bonchev–Trinajstić information content (AvgIpc) is 3.23. The number of anilines is 2. The number of rotatable bonds is 5. The first-order valence-corrected chi connectivity index (χ1v) is 14.7. The zero-order valence-electron chi connectivity index (χ0n) is 22.6. The summed E-state index contributed by atoms with van der Waals surface area (Å²) in [7, 11) is -4.28. The molecule has 6 nitrogen and oxygen atoms in total. The Kier molecular flexibility index (Phi) is 6.38. The van der Waals surface area contributed by atoms with Gasteiger partial charge < -0.3 is 0 Å². The maximum atomic E-state index is 14.9. The highest BCUT2D eigenvalue weighted by Gasteiger charge is 2.65. The molecule has 0 bridgehead atoms. The quantitative estimate of drug-likeness (QED) is 0.251. The third-order valence-corrected chi connectivity index (χ3v) is 9.84. The molecule has 6 rings (SSSR count). The van der Waals surface area contributed by atoms with Crippen molar-refractivity contribution in [2.45, 2.75) is 30.7 Å². The molecule has 206 valence electrons. The third-order valence-electron chi connectivity index (χ3n) is 8.04. The number of sulfonamides is 1. The summed E-state index contributed by atoms with van der Waals surface area (Å²) in [4.78, 5) is 14.9. The molecular weight excluding hydrogens is 537 g/mol. The first-order chi connectivity index (χ1) is 19.7. The number of allylic oxidation sites excluding steroid dienone is 1. The Balaban J connectivity index is 1.71. The highest BCUT2D eigenvalue weighted by atomic mass is 32.2. The normalized spacial score (nSPS) is 22.0. The first kappa shape index (κ1) is 26.7. The summed E-state index contributed by atoms with van der Waals surface area (Å²) in [5, 5.41) is 6.05. The molecular formula is C33H28FN3O3S. The molecule has 3 atom stereocenters. The van der Waals surface area contributed by atoms with Gasteiger partial charge in [0.25, 0.3) is 15.9 Å². The van der Waals surface area contributed by atoms with E-state index in [1.54, 1.807) is 61.5 Å². The van der Waals surface area contributed by atoms with E-state index in [-0.39, 0.29) is 10.6 Å². The van der Waals surface area contributed by atoms with E-state index in [1.807, 2.05) is 43.3 Å². The standard InChI is InChI=1S/C33H28FN3O3S/c1-4-29-28-21-25(34)17-20-30(28)37(41(39,40)27-18-15-22(2)16-19-27)31(24-11-7-5-8-12-24)33(29)23(3)35-36(32(33)38)26-13-9-6-10-14-26/h4-21,29,31H,1H2,2-3H3/t29-,31-,33+/m0/s1. The van der Waals surface area contributed by atoms with Crippen LogP contribution in [0, 0.1) is 18.2 Å². The Morgan fingerprint density at radius 3 is 2.17 bits per heavy atom. The van der Waals surface area contributed by atoms with E-state index < -0.39 is 39.1 Å². The lowest BCUT2D eigenvalue weighted by molar-refractivity contribution is -0.125. The highest BCUT2D eigenvalue weighted by molar-refractivity contribution is 7.92. The van der Waals surface area contributed by atoms with E-state index in [1.165, 1.54) is 27.5 Å². The predicted octanol–water partition coefficient (Wildman–Crippen LogP) is 6.76. The second-order valence-electron chi connectivity index (χ2n) is 10.4. The highest BCUT2D eigenvalue weighted by Crippen LogP contribution is 2.61. The van der Waals surface area contributed by atoms with Gasteiger partial charge in [0, 0.05) is 5.92 Å². The maximum Gasteiger partial charge on any atom is 0.264 e. The van der Waals surface area contributed by atoms with E-state index in [2.05, 4.69) is 6.58 Å². The molecule has 2 aliphatic rings. The Morgan fingerprint density at radius 2 is 1.54 bits per heavy atom. The Labute approximate surface area is 239 Å². The number of fused-ring (bicyclic) bond motifs is 1. The summed E-state index contributed by atoms with van der Waals surface area (Å²) in [6.45, 7) is 7.67. The lowest BCUT2D eigenvalue weighted by Gasteiger charge is -2.51. The summed E-state index contributed by atoms with van der Waals surface area (Å²) in [5.74, 6) is -1.75. The van der Waals surface area contributed by atoms with E-state index in [4.69, 9.17) is 5.10 Å². The molecule has 0 radical (unpaired) electrons. The van der Waals surface area contributed by atoms with E-state index >= 15 is 0 Å². The van der Waals surface area contributed by atoms with Crippen LogP contribution in [-0.2, 0) is 14.8 Å². The van der Waals surface area contributed by atoms with Crippen molar-refractivity contribution in [2.75, 3.05) is 9.31 Å². The SMILES string of the molecule is C=C[C@H]1c2cc(F)ccc2N(S(=O)(=O)c2ccc(C)cc2)[C@@H](c2ccccc2)[C@]12C(=O)N(c1ccccc1)N=C2C. The number of carbonyl (C=O) groups excluding carboxylic acids is 1. The molecule has 0 aromatic heterocycles. The molecule has 2 aliphatic heterocycles. The fraction of sp³-hybridized carbons (Fsp3) is 0.152. The van der Waals surface area contributed by atoms with Crippen molar-refractivity contribution in [3.63, 3.8) is 0 Å². The maximum absolute atomic E-state index is 14.9. The number of hydrogen-bond acceptors (Lipinski definition) is 4. The monoisotopic (exact) mass is 565 g/mol. The van der Waals surface area contributed by atoms with Crippen LogP contribution in [0.4, 0.5) is 15.8 Å². The predicted molar refractivity (Wildman–Crippen MR) is 159 cm³/mol. The van der Waals surface area contributed by atoms with Gasteiger partial charge in [-0.1, -0.05) is 72.3 Å². The number of halogens is 1. The number of aryl methyl sites for hydroxylation is 1. The summed E-state index contributed by atoms with van der Waals surface area (Å²) < 4.78 is 45.5. The van der Waals surface area contributed by atoms with Crippen LogP contribution < -0.4 is 9.31 Å². The largest absolute Gasteiger partial charge is 0.271 e. The van der Waals surface area contributed by atoms with Crippen LogP contribution >= 0.6 is 0 Å². The molecule has 8 heteroatoms. The summed E-state index contributed by atoms with van der Waals surface area (Å²) in [6.07, 6.45) is 1.61. The topological polar surface area (TPSA) is 70.1 Å². The van der Waals surface area contributed by atoms with Crippen LogP contribution in [0.25, 0.3) is 0 Å². The second kappa shape index (κ2) is 9.82. The number of para-hydroxylation sites is 1. The van der Waals surface area contributed by atoms with E-state index in [9.17, 15) is 17.6 Å². The molecule has 0 fully saturated rings. The van der Waals surface area contributed by atoms with Crippen molar-refractivity contribution in [3.05, 3.63) is 138 Å². The van der Waals surface area contributed by atoms with Crippen LogP contribution in [-0.4, -0.2) is 20.0 Å². The van der Waals surface area contributed by atoms with Crippen LogP contribution in [0.15, 0.2) is 126 Å². The van der Waals surface area contributed by atoms with Crippen molar-refractivity contribution >= 4 is 33.0 Å². The van der Waals surface area contributed by atoms with Gasteiger partial charge in [-0.05, 0) is 67.4 Å². The number of hydrazone groups is 1. The smallest absolute Gasteiger partial charge is 0.264 e. The number of carbonyl (C=O) groups is 1. The Bertz CT molecular complexity index is 1790. The summed E-state index contributed by atoms with van der Waals surface area (Å²) in [6, 6.07) is 27.6. The van der Waals surface area contributed by atoms with Gasteiger partial charge in [0.2, 0.25) is 0 Å². The Morgan fingerprint density at radius 1 is 0.902 bits per heavy atom.